The van der Waals surface area contributed by atoms with Crippen LogP contribution in [-0.2, 0) is 15.8 Å². The molecule has 1 aliphatic heterocycles. The summed E-state index contributed by atoms with van der Waals surface area (Å²) in [5, 5.41) is -0.589. The summed E-state index contributed by atoms with van der Waals surface area (Å²) >= 11 is 1.27. The maximum Gasteiger partial charge on any atom is 0.418 e. The van der Waals surface area contributed by atoms with Gasteiger partial charge in [-0.05, 0) is 17.9 Å². The molecule has 0 saturated carbocycles. The molecule has 0 aliphatic carbocycles. The molecule has 0 spiro atoms. The summed E-state index contributed by atoms with van der Waals surface area (Å²) < 4.78 is 38.8. The van der Waals surface area contributed by atoms with Crippen molar-refractivity contribution in [2.45, 2.75) is 24.8 Å². The Morgan fingerprint density at radius 3 is 2.55 bits per heavy atom. The van der Waals surface area contributed by atoms with Crippen molar-refractivity contribution in [1.82, 2.24) is 0 Å². The number of amides is 2. The first-order chi connectivity index (χ1) is 9.36. The summed E-state index contributed by atoms with van der Waals surface area (Å²) in [6.45, 7) is 1.83. The summed E-state index contributed by atoms with van der Waals surface area (Å²) in [7, 11) is 0. The van der Waals surface area contributed by atoms with Crippen LogP contribution in [0, 0.1) is 0 Å². The molecule has 0 aromatic heterocycles. The molecule has 20 heavy (non-hydrogen) atoms. The summed E-state index contributed by atoms with van der Waals surface area (Å²) in [5.74, 6) is -0.533. The number of hydrogen-bond donors (Lipinski definition) is 0. The molecule has 1 fully saturated rings. The number of carbonyl (C=O) groups excluding carboxylic acids is 2. The highest BCUT2D eigenvalue weighted by Crippen LogP contribution is 2.39. The molecule has 1 aliphatic rings. The highest BCUT2D eigenvalue weighted by atomic mass is 32.2. The number of para-hydroxylation sites is 1. The highest BCUT2D eigenvalue weighted by Gasteiger charge is 2.43. The van der Waals surface area contributed by atoms with Gasteiger partial charge in [-0.1, -0.05) is 19.1 Å². The van der Waals surface area contributed by atoms with Gasteiger partial charge in [-0.3, -0.25) is 9.59 Å². The molecule has 3 nitrogen and oxygen atoms in total. The lowest BCUT2D eigenvalue weighted by Gasteiger charge is -2.20. The second-order valence-electron chi connectivity index (χ2n) is 4.23. The molecule has 2 rings (SSSR count). The maximum absolute atomic E-state index is 12.9. The SMILES string of the molecule is CCSC1CC(=O)N(c2ccccc2C(F)(F)F)C1=O. The van der Waals surface area contributed by atoms with Crippen LogP contribution in [0.4, 0.5) is 18.9 Å². The van der Waals surface area contributed by atoms with E-state index in [9.17, 15) is 22.8 Å². The Balaban J connectivity index is 2.42. The first-order valence-electron chi connectivity index (χ1n) is 6.01. The summed E-state index contributed by atoms with van der Waals surface area (Å²) in [6.07, 6.45) is -4.66. The molecule has 2 amide bonds. The number of thioether (sulfide) groups is 1. The molecule has 0 N–H and O–H groups in total. The Hall–Kier alpha value is -1.50. The molecule has 1 atom stereocenters. The van der Waals surface area contributed by atoms with E-state index in [-0.39, 0.29) is 12.1 Å². The van der Waals surface area contributed by atoms with E-state index >= 15 is 0 Å². The van der Waals surface area contributed by atoms with Gasteiger partial charge >= 0.3 is 6.18 Å². The van der Waals surface area contributed by atoms with Crippen molar-refractivity contribution in [2.75, 3.05) is 10.7 Å². The fourth-order valence-corrected chi connectivity index (χ4v) is 3.01. The molecule has 1 heterocycles. The van der Waals surface area contributed by atoms with Gasteiger partial charge in [-0.15, -0.1) is 11.8 Å². The van der Waals surface area contributed by atoms with Gasteiger partial charge in [0.25, 0.3) is 0 Å². The van der Waals surface area contributed by atoms with Crippen LogP contribution in [0.25, 0.3) is 0 Å². The van der Waals surface area contributed by atoms with Crippen LogP contribution in [0.3, 0.4) is 0 Å². The second-order valence-corrected chi connectivity index (χ2v) is 5.71. The average Bonchev–Trinajstić information content (AvgIpc) is 2.64. The molecule has 1 saturated heterocycles. The van der Waals surface area contributed by atoms with Gasteiger partial charge in [-0.25, -0.2) is 4.90 Å². The summed E-state index contributed by atoms with van der Waals surface area (Å²) in [5.41, 5.74) is -1.35. The molecule has 0 bridgehead atoms. The number of carbonyl (C=O) groups is 2. The van der Waals surface area contributed by atoms with Gasteiger partial charge in [0.05, 0.1) is 16.5 Å². The monoisotopic (exact) mass is 303 g/mol. The number of rotatable bonds is 3. The predicted octanol–water partition coefficient (Wildman–Crippen LogP) is 3.09. The van der Waals surface area contributed by atoms with Crippen LogP contribution in [0.1, 0.15) is 18.9 Å². The van der Waals surface area contributed by atoms with Crippen molar-refractivity contribution in [3.63, 3.8) is 0 Å². The fourth-order valence-electron chi connectivity index (χ4n) is 2.10. The topological polar surface area (TPSA) is 37.4 Å². The van der Waals surface area contributed by atoms with Gasteiger partial charge in [0.2, 0.25) is 11.8 Å². The smallest absolute Gasteiger partial charge is 0.274 e. The molecule has 108 valence electrons. The molecular weight excluding hydrogens is 291 g/mol. The van der Waals surface area contributed by atoms with E-state index in [0.29, 0.717) is 10.7 Å². The van der Waals surface area contributed by atoms with E-state index in [1.165, 1.54) is 23.9 Å². The number of benzene rings is 1. The Morgan fingerprint density at radius 2 is 1.95 bits per heavy atom. The average molecular weight is 303 g/mol. The number of anilines is 1. The fraction of sp³-hybridized carbons (Fsp3) is 0.385. The minimum absolute atomic E-state index is 0.0521. The highest BCUT2D eigenvalue weighted by molar-refractivity contribution is 8.00. The number of imide groups is 1. The van der Waals surface area contributed by atoms with Crippen molar-refractivity contribution in [1.29, 1.82) is 0 Å². The van der Waals surface area contributed by atoms with Crippen LogP contribution < -0.4 is 4.90 Å². The van der Waals surface area contributed by atoms with Crippen LogP contribution in [0.2, 0.25) is 0 Å². The van der Waals surface area contributed by atoms with Crippen molar-refractivity contribution in [2.24, 2.45) is 0 Å². The molecule has 7 heteroatoms. The summed E-state index contributed by atoms with van der Waals surface area (Å²) in [6, 6.07) is 4.63. The largest absolute Gasteiger partial charge is 0.418 e. The Kier molecular flexibility index (Phi) is 4.08. The van der Waals surface area contributed by atoms with Crippen molar-refractivity contribution in [3.8, 4) is 0 Å². The Morgan fingerprint density at radius 1 is 1.30 bits per heavy atom. The van der Waals surface area contributed by atoms with Gasteiger partial charge in [0.15, 0.2) is 0 Å². The quantitative estimate of drug-likeness (QED) is 0.805. The maximum atomic E-state index is 12.9. The molecule has 1 aromatic rings. The van der Waals surface area contributed by atoms with Gasteiger partial charge in [0.1, 0.15) is 0 Å². The van der Waals surface area contributed by atoms with Crippen LogP contribution >= 0.6 is 11.8 Å². The third-order valence-electron chi connectivity index (χ3n) is 2.92. The normalized spacial score (nSPS) is 19.8. The van der Waals surface area contributed by atoms with Crippen molar-refractivity contribution in [3.05, 3.63) is 29.8 Å². The van der Waals surface area contributed by atoms with Crippen molar-refractivity contribution >= 4 is 29.3 Å². The second kappa shape index (κ2) is 5.47. The standard InChI is InChI=1S/C13H12F3NO2S/c1-2-20-10-7-11(18)17(12(10)19)9-6-4-3-5-8(9)13(14,15)16/h3-6,10H,2,7H2,1H3. The molecule has 1 aromatic carbocycles. The van der Waals surface area contributed by atoms with Gasteiger partial charge in [0, 0.05) is 6.42 Å². The number of hydrogen-bond acceptors (Lipinski definition) is 3. The van der Waals surface area contributed by atoms with E-state index in [2.05, 4.69) is 0 Å². The van der Waals surface area contributed by atoms with Crippen LogP contribution in [0.15, 0.2) is 24.3 Å². The third kappa shape index (κ3) is 2.67. The van der Waals surface area contributed by atoms with Gasteiger partial charge in [-0.2, -0.15) is 13.2 Å². The predicted molar refractivity (Wildman–Crippen MR) is 70.5 cm³/mol. The van der Waals surface area contributed by atoms with Crippen LogP contribution in [-0.4, -0.2) is 22.8 Å². The lowest BCUT2D eigenvalue weighted by atomic mass is 10.1. The number of alkyl halides is 3. The van der Waals surface area contributed by atoms with Gasteiger partial charge < -0.3 is 0 Å². The third-order valence-corrected chi connectivity index (χ3v) is 4.03. The molecule has 0 radical (unpaired) electrons. The molecular formula is C13H12F3NO2S. The zero-order valence-corrected chi connectivity index (χ0v) is 11.4. The lowest BCUT2D eigenvalue weighted by molar-refractivity contribution is -0.137. The minimum atomic E-state index is -4.60. The Labute approximate surface area is 118 Å². The number of halogens is 3. The zero-order valence-electron chi connectivity index (χ0n) is 10.6. The number of nitrogens with zero attached hydrogens (tertiary/aromatic N) is 1. The first kappa shape index (κ1) is 14.9. The summed E-state index contributed by atoms with van der Waals surface area (Å²) in [4.78, 5) is 24.6. The first-order valence-corrected chi connectivity index (χ1v) is 7.05. The van der Waals surface area contributed by atoms with E-state index in [1.807, 2.05) is 6.92 Å². The van der Waals surface area contributed by atoms with Crippen molar-refractivity contribution < 1.29 is 22.8 Å². The Bertz CT molecular complexity index is 545. The van der Waals surface area contributed by atoms with Crippen LogP contribution in [0.5, 0.6) is 0 Å². The zero-order chi connectivity index (χ0) is 14.9. The van der Waals surface area contributed by atoms with E-state index in [1.54, 1.807) is 0 Å². The van der Waals surface area contributed by atoms with E-state index in [0.717, 1.165) is 12.1 Å². The minimum Gasteiger partial charge on any atom is -0.274 e. The lowest BCUT2D eigenvalue weighted by Crippen LogP contribution is -2.33. The van der Waals surface area contributed by atoms with E-state index < -0.39 is 28.8 Å². The van der Waals surface area contributed by atoms with E-state index in [4.69, 9.17) is 0 Å². The molecule has 1 unspecified atom stereocenters.